The van der Waals surface area contributed by atoms with Crippen molar-refractivity contribution in [3.63, 3.8) is 0 Å². The molecule has 0 saturated heterocycles. The van der Waals surface area contributed by atoms with E-state index in [4.69, 9.17) is 8.92 Å². The number of aliphatic hydroxyl groups excluding tert-OH is 1. The molecule has 1 aliphatic carbocycles. The quantitative estimate of drug-likeness (QED) is 0.202. The average molecular weight is 597 g/mol. The third kappa shape index (κ3) is 6.29. The lowest BCUT2D eigenvalue weighted by atomic mass is 9.81. The molecule has 0 fully saturated rings. The van der Waals surface area contributed by atoms with Gasteiger partial charge in [0, 0.05) is 11.3 Å². The topological polar surface area (TPSA) is 72.8 Å². The van der Waals surface area contributed by atoms with Gasteiger partial charge in [0.15, 0.2) is 0 Å². The molecular weight excluding hydrogens is 565 g/mol. The Hall–Kier alpha value is -3.50. The van der Waals surface area contributed by atoms with E-state index in [2.05, 4.69) is 0 Å². The van der Waals surface area contributed by atoms with E-state index in [1.807, 2.05) is 37.3 Å². The van der Waals surface area contributed by atoms with Crippen LogP contribution in [0.15, 0.2) is 102 Å². The Kier molecular flexibility index (Phi) is 8.57. The van der Waals surface area contributed by atoms with Crippen LogP contribution in [0, 0.1) is 6.92 Å². The van der Waals surface area contributed by atoms with Crippen molar-refractivity contribution in [1.29, 1.82) is 0 Å². The van der Waals surface area contributed by atoms with Crippen LogP contribution >= 0.6 is 0 Å². The maximum absolute atomic E-state index is 14.1. The molecule has 0 aliphatic heterocycles. The monoisotopic (exact) mass is 596 g/mol. The lowest BCUT2D eigenvalue weighted by molar-refractivity contribution is -0.138. The minimum atomic E-state index is -4.59. The maximum atomic E-state index is 14.1. The summed E-state index contributed by atoms with van der Waals surface area (Å²) in [6, 6.07) is 26.5. The van der Waals surface area contributed by atoms with E-state index >= 15 is 0 Å². The van der Waals surface area contributed by atoms with Crippen LogP contribution in [0.25, 0.3) is 0 Å². The zero-order valence-electron chi connectivity index (χ0n) is 23.0. The predicted molar refractivity (Wildman–Crippen MR) is 152 cm³/mol. The third-order valence-corrected chi connectivity index (χ3v) is 9.06. The summed E-state index contributed by atoms with van der Waals surface area (Å²) in [5.41, 5.74) is 1.79. The minimum absolute atomic E-state index is 0.0314. The van der Waals surface area contributed by atoms with E-state index in [1.165, 1.54) is 24.3 Å². The Morgan fingerprint density at radius 2 is 1.52 bits per heavy atom. The summed E-state index contributed by atoms with van der Waals surface area (Å²) in [7, 11) is -4.19. The van der Waals surface area contributed by atoms with Gasteiger partial charge in [-0.15, -0.1) is 0 Å². The number of aryl methyl sites for hydroxylation is 1. The molecule has 5 rings (SSSR count). The molecule has 1 aliphatic rings. The zero-order valence-corrected chi connectivity index (χ0v) is 23.8. The fraction of sp³-hybridized carbons (Fsp3) is 0.273. The van der Waals surface area contributed by atoms with Gasteiger partial charge < -0.3 is 9.84 Å². The molecule has 0 bridgehead atoms. The molecule has 42 heavy (non-hydrogen) atoms. The number of rotatable bonds is 10. The number of ether oxygens (including phenoxy) is 1. The molecule has 0 amide bonds. The van der Waals surface area contributed by atoms with Crippen molar-refractivity contribution < 1.29 is 35.6 Å². The van der Waals surface area contributed by atoms with Gasteiger partial charge in [-0.1, -0.05) is 84.4 Å². The van der Waals surface area contributed by atoms with E-state index in [-0.39, 0.29) is 23.5 Å². The summed E-state index contributed by atoms with van der Waals surface area (Å²) >= 11 is 0. The van der Waals surface area contributed by atoms with E-state index < -0.39 is 46.4 Å². The molecule has 2 unspecified atom stereocenters. The number of aliphatic hydroxyl groups is 1. The highest BCUT2D eigenvalue weighted by molar-refractivity contribution is 7.86. The molecule has 2 atom stereocenters. The summed E-state index contributed by atoms with van der Waals surface area (Å²) in [4.78, 5) is -0.0377. The van der Waals surface area contributed by atoms with Crippen molar-refractivity contribution >= 4 is 10.1 Å². The lowest BCUT2D eigenvalue weighted by Gasteiger charge is -2.28. The van der Waals surface area contributed by atoms with Crippen LogP contribution < -0.4 is 0 Å². The molecule has 0 aromatic heterocycles. The fourth-order valence-corrected chi connectivity index (χ4v) is 6.56. The highest BCUT2D eigenvalue weighted by Crippen LogP contribution is 2.52. The molecule has 4 aromatic carbocycles. The van der Waals surface area contributed by atoms with Crippen LogP contribution in [0.2, 0.25) is 0 Å². The minimum Gasteiger partial charge on any atom is -0.395 e. The van der Waals surface area contributed by atoms with E-state index in [0.29, 0.717) is 17.7 Å². The Morgan fingerprint density at radius 1 is 0.857 bits per heavy atom. The largest absolute Gasteiger partial charge is 0.416 e. The second-order valence-electron chi connectivity index (χ2n) is 10.7. The second-order valence-corrected chi connectivity index (χ2v) is 12.3. The normalized spacial score (nSPS) is 18.6. The molecule has 9 heteroatoms. The number of halogens is 3. The molecule has 0 radical (unpaired) electrons. The Balaban J connectivity index is 1.49. The van der Waals surface area contributed by atoms with E-state index in [0.717, 1.165) is 22.8 Å². The number of fused-ring (bicyclic) bond motifs is 1. The highest BCUT2D eigenvalue weighted by atomic mass is 32.2. The van der Waals surface area contributed by atoms with Gasteiger partial charge in [0.2, 0.25) is 0 Å². The van der Waals surface area contributed by atoms with Crippen LogP contribution in [0.5, 0.6) is 0 Å². The highest BCUT2D eigenvalue weighted by Gasteiger charge is 2.47. The lowest BCUT2D eigenvalue weighted by Crippen LogP contribution is -2.35. The molecule has 5 nitrogen and oxygen atoms in total. The Labute approximate surface area is 243 Å². The summed E-state index contributed by atoms with van der Waals surface area (Å²) in [6.07, 6.45) is -4.56. The Bertz CT molecular complexity index is 1640. The van der Waals surface area contributed by atoms with Gasteiger partial charge in [-0.3, -0.25) is 4.18 Å². The number of hydrogen-bond acceptors (Lipinski definition) is 5. The SMILES string of the molecule is Cc1ccc(S(=O)(=O)OCC2(CO)CC(c3ccccc3C(F)(F)F)c3cc(COCc4ccccc4)ccc32)cc1. The summed E-state index contributed by atoms with van der Waals surface area (Å²) in [5, 5.41) is 10.7. The maximum Gasteiger partial charge on any atom is 0.416 e. The number of alkyl halides is 3. The van der Waals surface area contributed by atoms with Gasteiger partial charge in [0.1, 0.15) is 0 Å². The van der Waals surface area contributed by atoms with Crippen molar-refractivity contribution in [1.82, 2.24) is 0 Å². The molecule has 0 spiro atoms. The van der Waals surface area contributed by atoms with Gasteiger partial charge in [-0.2, -0.15) is 21.6 Å². The van der Waals surface area contributed by atoms with Crippen LogP contribution in [-0.4, -0.2) is 26.7 Å². The summed E-state index contributed by atoms with van der Waals surface area (Å²) in [5.74, 6) is -0.760. The molecular formula is C33H31F3O5S. The predicted octanol–water partition coefficient (Wildman–Crippen LogP) is 6.90. The van der Waals surface area contributed by atoms with Gasteiger partial charge in [0.25, 0.3) is 10.1 Å². The van der Waals surface area contributed by atoms with Gasteiger partial charge >= 0.3 is 6.18 Å². The van der Waals surface area contributed by atoms with Crippen LogP contribution in [-0.2, 0) is 43.8 Å². The number of hydrogen-bond donors (Lipinski definition) is 1. The van der Waals surface area contributed by atoms with Crippen molar-refractivity contribution in [3.05, 3.63) is 136 Å². The van der Waals surface area contributed by atoms with Crippen LogP contribution in [0.4, 0.5) is 13.2 Å². The van der Waals surface area contributed by atoms with Crippen LogP contribution in [0.1, 0.15) is 51.3 Å². The molecule has 0 heterocycles. The van der Waals surface area contributed by atoms with Crippen molar-refractivity contribution in [2.75, 3.05) is 13.2 Å². The zero-order chi connectivity index (χ0) is 30.0. The molecule has 1 N–H and O–H groups in total. The first-order valence-electron chi connectivity index (χ1n) is 13.5. The second kappa shape index (κ2) is 12.0. The van der Waals surface area contributed by atoms with Crippen molar-refractivity contribution in [2.24, 2.45) is 0 Å². The van der Waals surface area contributed by atoms with Gasteiger partial charge in [0.05, 0.1) is 36.9 Å². The molecule has 4 aromatic rings. The van der Waals surface area contributed by atoms with Crippen LogP contribution in [0.3, 0.4) is 0 Å². The third-order valence-electron chi connectivity index (χ3n) is 7.78. The smallest absolute Gasteiger partial charge is 0.395 e. The first-order chi connectivity index (χ1) is 20.0. The molecule has 0 saturated carbocycles. The fourth-order valence-electron chi connectivity index (χ4n) is 5.58. The van der Waals surface area contributed by atoms with Gasteiger partial charge in [-0.05, 0) is 59.4 Å². The first-order valence-corrected chi connectivity index (χ1v) is 14.9. The summed E-state index contributed by atoms with van der Waals surface area (Å²) in [6.45, 7) is 1.47. The van der Waals surface area contributed by atoms with E-state index in [9.17, 15) is 26.7 Å². The Morgan fingerprint density at radius 3 is 2.21 bits per heavy atom. The molecule has 220 valence electrons. The van der Waals surface area contributed by atoms with E-state index in [1.54, 1.807) is 36.4 Å². The first kappa shape index (κ1) is 30.0. The van der Waals surface area contributed by atoms with Gasteiger partial charge in [-0.25, -0.2) is 0 Å². The number of benzene rings is 4. The standard InChI is InChI=1S/C33H31F3O5S/c1-23-11-14-26(15-12-23)42(38,39)41-22-32(21-37)18-29(27-9-5-6-10-31(27)33(34,35)36)28-17-25(13-16-30(28)32)20-40-19-24-7-3-2-4-8-24/h2-17,29,37H,18-22H2,1H3. The summed E-state index contributed by atoms with van der Waals surface area (Å²) < 4.78 is 79.7. The van der Waals surface area contributed by atoms with Crippen molar-refractivity contribution in [3.8, 4) is 0 Å². The van der Waals surface area contributed by atoms with Crippen molar-refractivity contribution in [2.45, 2.75) is 49.0 Å². The average Bonchev–Trinajstić information content (AvgIpc) is 3.31.